The third kappa shape index (κ3) is 2.82. The number of carbonyl (C=O) groups is 2. The Balaban J connectivity index is 1.80. The number of nitrogens with one attached hydrogen (secondary N) is 1. The molecule has 124 valence electrons. The lowest BCUT2D eigenvalue weighted by molar-refractivity contribution is 0.0694. The molecular weight excluding hydrogens is 308 g/mol. The van der Waals surface area contributed by atoms with E-state index in [0.29, 0.717) is 5.69 Å². The van der Waals surface area contributed by atoms with Crippen LogP contribution in [0.4, 0.5) is 0 Å². The fourth-order valence-electron chi connectivity index (χ4n) is 3.11. The van der Waals surface area contributed by atoms with E-state index in [1.807, 2.05) is 18.2 Å². The van der Waals surface area contributed by atoms with Gasteiger partial charge in [-0.05, 0) is 49.1 Å². The van der Waals surface area contributed by atoms with Gasteiger partial charge in [-0.15, -0.1) is 0 Å². The lowest BCUT2D eigenvalue weighted by Gasteiger charge is -2.15. The number of amides is 1. The Morgan fingerprint density at radius 1 is 1.29 bits per heavy atom. The maximum atomic E-state index is 12.4. The number of fused-ring (bicyclic) bond motifs is 1. The topological polar surface area (TPSA) is 88.5 Å². The molecule has 1 atom stereocenters. The van der Waals surface area contributed by atoms with Crippen LogP contribution in [0.2, 0.25) is 0 Å². The van der Waals surface area contributed by atoms with E-state index < -0.39 is 5.97 Å². The second-order valence-corrected chi connectivity index (χ2v) is 5.73. The minimum Gasteiger partial charge on any atom is -0.496 e. The van der Waals surface area contributed by atoms with Crippen LogP contribution >= 0.6 is 0 Å². The molecule has 0 fully saturated rings. The Bertz CT molecular complexity index is 817. The number of aryl methyl sites for hydroxylation is 1. The van der Waals surface area contributed by atoms with Gasteiger partial charge in [0.05, 0.1) is 24.4 Å². The van der Waals surface area contributed by atoms with Crippen molar-refractivity contribution in [1.29, 1.82) is 0 Å². The Morgan fingerprint density at radius 3 is 2.75 bits per heavy atom. The van der Waals surface area contributed by atoms with Crippen LogP contribution < -0.4 is 10.1 Å². The molecule has 0 saturated heterocycles. The highest BCUT2D eigenvalue weighted by Gasteiger charge is 2.27. The first-order chi connectivity index (χ1) is 11.5. The molecule has 2 aromatic rings. The molecule has 0 radical (unpaired) electrons. The van der Waals surface area contributed by atoms with Gasteiger partial charge in [-0.1, -0.05) is 12.1 Å². The molecule has 24 heavy (non-hydrogen) atoms. The van der Waals surface area contributed by atoms with Gasteiger partial charge in [-0.25, -0.2) is 9.78 Å². The molecular formula is C18H18N2O4. The normalized spacial score (nSPS) is 15.7. The number of ether oxygens (including phenoxy) is 1. The standard InChI is InChI=1S/C18H18N2O4/c1-10-11(18(22)23)6-9-15(19-10)17(21)20-14-8-7-13-12(14)4-3-5-16(13)24-2/h3-6,9,14H,7-8H2,1-2H3,(H,20,21)(H,22,23). The number of aromatic nitrogens is 1. The van der Waals surface area contributed by atoms with Gasteiger partial charge in [0, 0.05) is 0 Å². The number of aromatic carboxylic acids is 1. The zero-order chi connectivity index (χ0) is 17.3. The van der Waals surface area contributed by atoms with Gasteiger partial charge in [0.1, 0.15) is 11.4 Å². The van der Waals surface area contributed by atoms with Crippen LogP contribution in [0.25, 0.3) is 0 Å². The van der Waals surface area contributed by atoms with Crippen molar-refractivity contribution in [2.75, 3.05) is 7.11 Å². The average molecular weight is 326 g/mol. The molecule has 1 amide bonds. The van der Waals surface area contributed by atoms with E-state index >= 15 is 0 Å². The van der Waals surface area contributed by atoms with Crippen LogP contribution in [0.1, 0.15) is 50.1 Å². The Hall–Kier alpha value is -2.89. The second-order valence-electron chi connectivity index (χ2n) is 5.73. The van der Waals surface area contributed by atoms with Gasteiger partial charge in [-0.2, -0.15) is 0 Å². The summed E-state index contributed by atoms with van der Waals surface area (Å²) in [6.45, 7) is 1.58. The predicted octanol–water partition coefficient (Wildman–Crippen LogP) is 2.51. The molecule has 0 spiro atoms. The number of benzene rings is 1. The van der Waals surface area contributed by atoms with E-state index in [1.165, 1.54) is 12.1 Å². The van der Waals surface area contributed by atoms with Crippen LogP contribution in [0.15, 0.2) is 30.3 Å². The fraction of sp³-hybridized carbons (Fsp3) is 0.278. The number of pyridine rings is 1. The van der Waals surface area contributed by atoms with Gasteiger partial charge in [0.2, 0.25) is 0 Å². The molecule has 6 heteroatoms. The minimum atomic E-state index is -1.05. The highest BCUT2D eigenvalue weighted by Crippen LogP contribution is 2.36. The molecule has 3 rings (SSSR count). The van der Waals surface area contributed by atoms with Crippen molar-refractivity contribution < 1.29 is 19.4 Å². The van der Waals surface area contributed by atoms with Gasteiger partial charge < -0.3 is 15.2 Å². The number of hydrogen-bond donors (Lipinski definition) is 2. The van der Waals surface area contributed by atoms with E-state index in [9.17, 15) is 9.59 Å². The molecule has 0 aliphatic heterocycles. The summed E-state index contributed by atoms with van der Waals surface area (Å²) < 4.78 is 5.37. The van der Waals surface area contributed by atoms with Gasteiger partial charge in [0.25, 0.3) is 5.91 Å². The van der Waals surface area contributed by atoms with E-state index in [2.05, 4.69) is 10.3 Å². The van der Waals surface area contributed by atoms with E-state index in [4.69, 9.17) is 9.84 Å². The van der Waals surface area contributed by atoms with Gasteiger partial charge in [-0.3, -0.25) is 4.79 Å². The lowest BCUT2D eigenvalue weighted by Crippen LogP contribution is -2.28. The third-order valence-corrected chi connectivity index (χ3v) is 4.30. The van der Waals surface area contributed by atoms with E-state index in [-0.39, 0.29) is 23.2 Å². The molecule has 1 heterocycles. The smallest absolute Gasteiger partial charge is 0.337 e. The summed E-state index contributed by atoms with van der Waals surface area (Å²) in [4.78, 5) is 27.6. The average Bonchev–Trinajstić information content (AvgIpc) is 2.97. The predicted molar refractivity (Wildman–Crippen MR) is 87.5 cm³/mol. The first kappa shape index (κ1) is 16.0. The van der Waals surface area contributed by atoms with Crippen LogP contribution in [-0.2, 0) is 6.42 Å². The number of nitrogens with zero attached hydrogens (tertiary/aromatic N) is 1. The molecule has 0 saturated carbocycles. The third-order valence-electron chi connectivity index (χ3n) is 4.30. The largest absolute Gasteiger partial charge is 0.496 e. The van der Waals surface area contributed by atoms with Crippen LogP contribution in [0, 0.1) is 6.92 Å². The Labute approximate surface area is 139 Å². The first-order valence-electron chi connectivity index (χ1n) is 7.69. The summed E-state index contributed by atoms with van der Waals surface area (Å²) in [5.41, 5.74) is 2.82. The number of carboxylic acids is 1. The molecule has 1 aliphatic rings. The van der Waals surface area contributed by atoms with Crippen molar-refractivity contribution >= 4 is 11.9 Å². The zero-order valence-electron chi connectivity index (χ0n) is 13.5. The summed E-state index contributed by atoms with van der Waals surface area (Å²) in [6.07, 6.45) is 1.64. The van der Waals surface area contributed by atoms with Crippen molar-refractivity contribution in [1.82, 2.24) is 10.3 Å². The SMILES string of the molecule is COc1cccc2c1CCC2NC(=O)c1ccc(C(=O)O)c(C)n1. The molecule has 1 aromatic carbocycles. The van der Waals surface area contributed by atoms with Crippen molar-refractivity contribution in [3.8, 4) is 5.75 Å². The Kier molecular flexibility index (Phi) is 4.20. The molecule has 2 N–H and O–H groups in total. The van der Waals surface area contributed by atoms with Crippen molar-refractivity contribution in [3.05, 3.63) is 58.4 Å². The number of methoxy groups -OCH3 is 1. The van der Waals surface area contributed by atoms with Gasteiger partial charge >= 0.3 is 5.97 Å². The summed E-state index contributed by atoms with van der Waals surface area (Å²) in [6, 6.07) is 8.56. The zero-order valence-corrected chi connectivity index (χ0v) is 13.5. The van der Waals surface area contributed by atoms with Crippen molar-refractivity contribution in [3.63, 3.8) is 0 Å². The van der Waals surface area contributed by atoms with Crippen molar-refractivity contribution in [2.45, 2.75) is 25.8 Å². The van der Waals surface area contributed by atoms with Crippen LogP contribution in [0.3, 0.4) is 0 Å². The van der Waals surface area contributed by atoms with E-state index in [1.54, 1.807) is 14.0 Å². The first-order valence-corrected chi connectivity index (χ1v) is 7.69. The molecule has 0 bridgehead atoms. The summed E-state index contributed by atoms with van der Waals surface area (Å²) in [5.74, 6) is -0.525. The monoisotopic (exact) mass is 326 g/mol. The molecule has 1 aromatic heterocycles. The van der Waals surface area contributed by atoms with Crippen molar-refractivity contribution in [2.24, 2.45) is 0 Å². The highest BCUT2D eigenvalue weighted by atomic mass is 16.5. The van der Waals surface area contributed by atoms with Crippen LogP contribution in [0.5, 0.6) is 5.75 Å². The summed E-state index contributed by atoms with van der Waals surface area (Å²) >= 11 is 0. The number of carboxylic acid groups (broad SMARTS) is 1. The summed E-state index contributed by atoms with van der Waals surface area (Å²) in [5, 5.41) is 12.0. The second kappa shape index (κ2) is 6.31. The lowest BCUT2D eigenvalue weighted by atomic mass is 10.1. The highest BCUT2D eigenvalue weighted by molar-refractivity contribution is 5.94. The van der Waals surface area contributed by atoms with E-state index in [0.717, 1.165) is 29.7 Å². The molecule has 1 unspecified atom stereocenters. The Morgan fingerprint density at radius 2 is 2.08 bits per heavy atom. The van der Waals surface area contributed by atoms with Crippen LogP contribution in [-0.4, -0.2) is 29.1 Å². The minimum absolute atomic E-state index is 0.0937. The number of carbonyl (C=O) groups excluding carboxylic acids is 1. The summed E-state index contributed by atoms with van der Waals surface area (Å²) in [7, 11) is 1.64. The van der Waals surface area contributed by atoms with Gasteiger partial charge in [0.15, 0.2) is 0 Å². The molecule has 1 aliphatic carbocycles. The maximum Gasteiger partial charge on any atom is 0.337 e. The number of hydrogen-bond acceptors (Lipinski definition) is 4. The number of rotatable bonds is 4. The molecule has 6 nitrogen and oxygen atoms in total. The maximum absolute atomic E-state index is 12.4. The quantitative estimate of drug-likeness (QED) is 0.901. The fourth-order valence-corrected chi connectivity index (χ4v) is 3.11.